The number of nitrogens with zero attached hydrogens (tertiary/aromatic N) is 1. The summed E-state index contributed by atoms with van der Waals surface area (Å²) in [6, 6.07) is 5.77. The van der Waals surface area contributed by atoms with Crippen molar-refractivity contribution in [2.45, 2.75) is 25.4 Å². The molecule has 1 fully saturated rings. The monoisotopic (exact) mass is 307 g/mol. The number of halogens is 1. The predicted molar refractivity (Wildman–Crippen MR) is 76.5 cm³/mol. The number of aromatic nitrogens is 1. The minimum Gasteiger partial charge on any atom is -0.486 e. The molecule has 1 heterocycles. The van der Waals surface area contributed by atoms with Gasteiger partial charge in [-0.05, 0) is 37.1 Å². The SMILES string of the molecule is NNC(=O)c1sc(COc2ccc(F)cc2)nc1C1CC1. The second kappa shape index (κ2) is 5.79. The highest BCUT2D eigenvalue weighted by molar-refractivity contribution is 7.13. The third kappa shape index (κ3) is 3.20. The maximum Gasteiger partial charge on any atom is 0.277 e. The Morgan fingerprint density at radius 3 is 2.76 bits per heavy atom. The van der Waals surface area contributed by atoms with Gasteiger partial charge >= 0.3 is 0 Å². The molecule has 0 spiro atoms. The number of hydrogen-bond acceptors (Lipinski definition) is 5. The molecule has 2 aromatic rings. The Balaban J connectivity index is 1.73. The fourth-order valence-corrected chi connectivity index (χ4v) is 2.94. The summed E-state index contributed by atoms with van der Waals surface area (Å²) in [5.41, 5.74) is 2.95. The molecule has 7 heteroatoms. The van der Waals surface area contributed by atoms with Crippen molar-refractivity contribution < 1.29 is 13.9 Å². The smallest absolute Gasteiger partial charge is 0.277 e. The van der Waals surface area contributed by atoms with Gasteiger partial charge in [-0.3, -0.25) is 10.2 Å². The summed E-state index contributed by atoms with van der Waals surface area (Å²) in [6.45, 7) is 0.244. The highest BCUT2D eigenvalue weighted by atomic mass is 32.1. The van der Waals surface area contributed by atoms with Crippen molar-refractivity contribution in [2.75, 3.05) is 0 Å². The molecule has 3 N–H and O–H groups in total. The molecule has 1 aliphatic rings. The van der Waals surface area contributed by atoms with Crippen molar-refractivity contribution in [1.82, 2.24) is 10.4 Å². The number of ether oxygens (including phenoxy) is 1. The number of carbonyl (C=O) groups excluding carboxylic acids is 1. The molecule has 21 heavy (non-hydrogen) atoms. The maximum atomic E-state index is 12.8. The molecule has 0 bridgehead atoms. The van der Waals surface area contributed by atoms with E-state index in [1.165, 1.54) is 23.5 Å². The van der Waals surface area contributed by atoms with E-state index in [1.807, 2.05) is 0 Å². The van der Waals surface area contributed by atoms with Crippen LogP contribution < -0.4 is 16.0 Å². The second-order valence-electron chi connectivity index (χ2n) is 4.81. The van der Waals surface area contributed by atoms with E-state index in [4.69, 9.17) is 10.6 Å². The van der Waals surface area contributed by atoms with Crippen LogP contribution in [0, 0.1) is 5.82 Å². The third-order valence-corrected chi connectivity index (χ3v) is 4.22. The van der Waals surface area contributed by atoms with Gasteiger partial charge in [-0.25, -0.2) is 15.2 Å². The molecule has 1 aromatic carbocycles. The van der Waals surface area contributed by atoms with E-state index in [0.717, 1.165) is 18.5 Å². The number of thiazole rings is 1. The average Bonchev–Trinajstić information content (AvgIpc) is 3.26. The van der Waals surface area contributed by atoms with Crippen molar-refractivity contribution in [3.05, 3.63) is 45.7 Å². The highest BCUT2D eigenvalue weighted by Crippen LogP contribution is 2.42. The van der Waals surface area contributed by atoms with Gasteiger partial charge in [-0.2, -0.15) is 0 Å². The Kier molecular flexibility index (Phi) is 3.85. The summed E-state index contributed by atoms with van der Waals surface area (Å²) in [6.07, 6.45) is 2.10. The summed E-state index contributed by atoms with van der Waals surface area (Å²) in [5.74, 6) is 5.48. The normalized spacial score (nSPS) is 14.0. The minimum absolute atomic E-state index is 0.244. The van der Waals surface area contributed by atoms with Crippen LogP contribution in [0.5, 0.6) is 5.75 Å². The van der Waals surface area contributed by atoms with Crippen LogP contribution in [0.15, 0.2) is 24.3 Å². The van der Waals surface area contributed by atoms with E-state index in [9.17, 15) is 9.18 Å². The lowest BCUT2D eigenvalue weighted by Crippen LogP contribution is -2.30. The van der Waals surface area contributed by atoms with Crippen LogP contribution in [0.2, 0.25) is 0 Å². The number of nitrogen functional groups attached to an aromatic ring is 1. The third-order valence-electron chi connectivity index (χ3n) is 3.17. The fourth-order valence-electron chi connectivity index (χ4n) is 1.98. The summed E-state index contributed by atoms with van der Waals surface area (Å²) < 4.78 is 18.4. The van der Waals surface area contributed by atoms with Gasteiger partial charge < -0.3 is 4.74 Å². The highest BCUT2D eigenvalue weighted by Gasteiger charge is 2.31. The molecule has 3 rings (SSSR count). The van der Waals surface area contributed by atoms with E-state index < -0.39 is 0 Å². The molecule has 5 nitrogen and oxygen atoms in total. The minimum atomic E-state index is -0.317. The van der Waals surface area contributed by atoms with Crippen LogP contribution in [0.4, 0.5) is 4.39 Å². The molecule has 0 aliphatic heterocycles. The molecule has 0 radical (unpaired) electrons. The number of hydrazine groups is 1. The number of amides is 1. The van der Waals surface area contributed by atoms with Gasteiger partial charge in [0.25, 0.3) is 5.91 Å². The number of carbonyl (C=O) groups is 1. The van der Waals surface area contributed by atoms with E-state index in [-0.39, 0.29) is 18.3 Å². The van der Waals surface area contributed by atoms with Crippen molar-refractivity contribution in [2.24, 2.45) is 5.84 Å². The van der Waals surface area contributed by atoms with E-state index >= 15 is 0 Å². The molecule has 110 valence electrons. The first-order chi connectivity index (χ1) is 10.2. The van der Waals surface area contributed by atoms with Crippen LogP contribution in [-0.2, 0) is 6.61 Å². The molecule has 0 saturated heterocycles. The fraction of sp³-hybridized carbons (Fsp3) is 0.286. The van der Waals surface area contributed by atoms with Crippen LogP contribution in [0.1, 0.15) is 39.1 Å². The van der Waals surface area contributed by atoms with Gasteiger partial charge in [0.05, 0.1) is 5.69 Å². The summed E-state index contributed by atoms with van der Waals surface area (Å²) in [7, 11) is 0. The van der Waals surface area contributed by atoms with Crippen molar-refractivity contribution in [3.63, 3.8) is 0 Å². The summed E-state index contributed by atoms with van der Waals surface area (Å²) >= 11 is 1.28. The Morgan fingerprint density at radius 1 is 1.43 bits per heavy atom. The molecule has 1 saturated carbocycles. The van der Waals surface area contributed by atoms with Gasteiger partial charge in [-0.1, -0.05) is 0 Å². The van der Waals surface area contributed by atoms with Gasteiger partial charge in [0.2, 0.25) is 0 Å². The average molecular weight is 307 g/mol. The van der Waals surface area contributed by atoms with Crippen LogP contribution in [0.25, 0.3) is 0 Å². The molecule has 0 atom stereocenters. The van der Waals surface area contributed by atoms with Crippen molar-refractivity contribution in [3.8, 4) is 5.75 Å². The van der Waals surface area contributed by atoms with E-state index in [0.29, 0.717) is 21.6 Å². The summed E-state index contributed by atoms with van der Waals surface area (Å²) in [4.78, 5) is 16.8. The zero-order valence-corrected chi connectivity index (χ0v) is 12.0. The topological polar surface area (TPSA) is 77.2 Å². The van der Waals surface area contributed by atoms with Gasteiger partial charge in [0, 0.05) is 5.92 Å². The van der Waals surface area contributed by atoms with Crippen molar-refractivity contribution >= 4 is 17.2 Å². The molecular formula is C14H14FN3O2S. The Morgan fingerprint density at radius 2 is 2.14 bits per heavy atom. The van der Waals surface area contributed by atoms with E-state index in [2.05, 4.69) is 10.4 Å². The Hall–Kier alpha value is -1.99. The molecule has 0 unspecified atom stereocenters. The number of rotatable bonds is 5. The summed E-state index contributed by atoms with van der Waals surface area (Å²) in [5, 5.41) is 0.708. The lowest BCUT2D eigenvalue weighted by Gasteiger charge is -2.02. The molecule has 1 amide bonds. The number of nitrogens with two attached hydrogens (primary N) is 1. The Labute approximate surface area is 124 Å². The zero-order valence-electron chi connectivity index (χ0n) is 11.1. The quantitative estimate of drug-likeness (QED) is 0.505. The molecular weight excluding hydrogens is 293 g/mol. The second-order valence-corrected chi connectivity index (χ2v) is 5.90. The lowest BCUT2D eigenvalue weighted by atomic mass is 10.2. The van der Waals surface area contributed by atoms with Gasteiger partial charge in [0.15, 0.2) is 0 Å². The standard InChI is InChI=1S/C14H14FN3O2S/c15-9-3-5-10(6-4-9)20-7-11-17-12(8-1-2-8)13(21-11)14(19)18-16/h3-6,8H,1-2,7,16H2,(H,18,19). The maximum absolute atomic E-state index is 12.8. The van der Waals surface area contributed by atoms with Crippen LogP contribution >= 0.6 is 11.3 Å². The van der Waals surface area contributed by atoms with Gasteiger partial charge in [-0.15, -0.1) is 11.3 Å². The number of hydrogen-bond donors (Lipinski definition) is 2. The predicted octanol–water partition coefficient (Wildman–Crippen LogP) is 2.34. The van der Waals surface area contributed by atoms with E-state index in [1.54, 1.807) is 12.1 Å². The van der Waals surface area contributed by atoms with Crippen LogP contribution in [-0.4, -0.2) is 10.9 Å². The molecule has 1 aliphatic carbocycles. The molecule has 1 aromatic heterocycles. The first-order valence-electron chi connectivity index (χ1n) is 6.56. The largest absolute Gasteiger partial charge is 0.486 e. The number of benzene rings is 1. The van der Waals surface area contributed by atoms with Gasteiger partial charge in [0.1, 0.15) is 28.1 Å². The Bertz CT molecular complexity index is 653. The first kappa shape index (κ1) is 14.0. The van der Waals surface area contributed by atoms with Crippen LogP contribution in [0.3, 0.4) is 0 Å². The van der Waals surface area contributed by atoms with Crippen molar-refractivity contribution in [1.29, 1.82) is 0 Å². The lowest BCUT2D eigenvalue weighted by molar-refractivity contribution is 0.0956. The zero-order chi connectivity index (χ0) is 14.8. The first-order valence-corrected chi connectivity index (χ1v) is 7.38. The number of nitrogens with one attached hydrogen (secondary N) is 1.